The Morgan fingerprint density at radius 1 is 0.944 bits per heavy atom. The van der Waals surface area contributed by atoms with Crippen LogP contribution in [0.3, 0.4) is 0 Å². The second-order valence-corrected chi connectivity index (χ2v) is 9.66. The minimum Gasteiger partial charge on any atom is -0.494 e. The van der Waals surface area contributed by atoms with Gasteiger partial charge in [0.1, 0.15) is 11.8 Å². The SMILES string of the molecule is Cc1ccccc1CN(C(=O)CCCOc1ccc(Cl)cc1)[C@@H](Cc1ccccc1)C(=O)NC(C)C. The van der Waals surface area contributed by atoms with Crippen LogP contribution in [-0.4, -0.2) is 35.4 Å². The lowest BCUT2D eigenvalue weighted by atomic mass is 10.0. The topological polar surface area (TPSA) is 58.6 Å². The summed E-state index contributed by atoms with van der Waals surface area (Å²) in [6.45, 7) is 6.65. The summed E-state index contributed by atoms with van der Waals surface area (Å²) < 4.78 is 5.78. The number of halogens is 1. The van der Waals surface area contributed by atoms with E-state index in [0.29, 0.717) is 36.8 Å². The van der Waals surface area contributed by atoms with Crippen LogP contribution < -0.4 is 10.1 Å². The van der Waals surface area contributed by atoms with Crippen molar-refractivity contribution in [2.75, 3.05) is 6.61 Å². The van der Waals surface area contributed by atoms with E-state index in [2.05, 4.69) is 5.32 Å². The highest BCUT2D eigenvalue weighted by Gasteiger charge is 2.30. The van der Waals surface area contributed by atoms with Crippen LogP contribution in [0.2, 0.25) is 5.02 Å². The van der Waals surface area contributed by atoms with Crippen LogP contribution in [0.15, 0.2) is 78.9 Å². The molecule has 2 amide bonds. The number of nitrogens with one attached hydrogen (secondary N) is 1. The monoisotopic (exact) mass is 506 g/mol. The minimum atomic E-state index is -0.626. The van der Waals surface area contributed by atoms with Crippen molar-refractivity contribution in [1.82, 2.24) is 10.2 Å². The van der Waals surface area contributed by atoms with Crippen LogP contribution >= 0.6 is 11.6 Å². The number of rotatable bonds is 12. The Labute approximate surface area is 219 Å². The van der Waals surface area contributed by atoms with Gasteiger partial charge in [0.15, 0.2) is 0 Å². The fraction of sp³-hybridized carbons (Fsp3) is 0.333. The van der Waals surface area contributed by atoms with Crippen molar-refractivity contribution in [2.45, 2.75) is 58.7 Å². The molecule has 1 N–H and O–H groups in total. The van der Waals surface area contributed by atoms with E-state index in [1.165, 1.54) is 0 Å². The van der Waals surface area contributed by atoms with Gasteiger partial charge in [-0.3, -0.25) is 9.59 Å². The summed E-state index contributed by atoms with van der Waals surface area (Å²) >= 11 is 5.93. The summed E-state index contributed by atoms with van der Waals surface area (Å²) in [5, 5.41) is 3.67. The Bertz CT molecular complexity index is 1120. The zero-order valence-electron chi connectivity index (χ0n) is 21.2. The van der Waals surface area contributed by atoms with Gasteiger partial charge in [0.05, 0.1) is 6.61 Å². The van der Waals surface area contributed by atoms with Crippen LogP contribution in [0.4, 0.5) is 0 Å². The molecule has 3 aromatic rings. The highest BCUT2D eigenvalue weighted by atomic mass is 35.5. The van der Waals surface area contributed by atoms with E-state index in [4.69, 9.17) is 16.3 Å². The van der Waals surface area contributed by atoms with Gasteiger partial charge < -0.3 is 15.0 Å². The third-order valence-electron chi connectivity index (χ3n) is 5.92. The number of hydrogen-bond acceptors (Lipinski definition) is 3. The molecule has 0 bridgehead atoms. The Hall–Kier alpha value is -3.31. The number of benzene rings is 3. The van der Waals surface area contributed by atoms with E-state index in [1.807, 2.05) is 75.4 Å². The Balaban J connectivity index is 1.79. The van der Waals surface area contributed by atoms with Gasteiger partial charge >= 0.3 is 0 Å². The van der Waals surface area contributed by atoms with Gasteiger partial charge in [-0.2, -0.15) is 0 Å². The number of amides is 2. The number of carbonyl (C=O) groups excluding carboxylic acids is 2. The predicted molar refractivity (Wildman–Crippen MR) is 145 cm³/mol. The normalized spacial score (nSPS) is 11.7. The van der Waals surface area contributed by atoms with Crippen LogP contribution in [-0.2, 0) is 22.6 Å². The van der Waals surface area contributed by atoms with Gasteiger partial charge in [-0.15, -0.1) is 0 Å². The lowest BCUT2D eigenvalue weighted by molar-refractivity contribution is -0.141. The molecule has 36 heavy (non-hydrogen) atoms. The first-order valence-corrected chi connectivity index (χ1v) is 12.8. The average molecular weight is 507 g/mol. The molecule has 0 unspecified atom stereocenters. The van der Waals surface area contributed by atoms with Gasteiger partial charge in [0.2, 0.25) is 11.8 Å². The van der Waals surface area contributed by atoms with Crippen molar-refractivity contribution in [3.05, 3.63) is 101 Å². The fourth-order valence-corrected chi connectivity index (χ4v) is 4.12. The third kappa shape index (κ3) is 8.42. The molecule has 0 aromatic heterocycles. The van der Waals surface area contributed by atoms with Crippen molar-refractivity contribution in [3.63, 3.8) is 0 Å². The maximum atomic E-state index is 13.6. The van der Waals surface area contributed by atoms with Gasteiger partial charge in [0.25, 0.3) is 0 Å². The Morgan fingerprint density at radius 3 is 2.28 bits per heavy atom. The molecule has 0 saturated carbocycles. The molecule has 0 fully saturated rings. The third-order valence-corrected chi connectivity index (χ3v) is 6.17. The summed E-state index contributed by atoms with van der Waals surface area (Å²) in [6, 6.07) is 24.3. The molecule has 0 aliphatic carbocycles. The molecule has 3 rings (SSSR count). The molecule has 0 saturated heterocycles. The van der Waals surface area contributed by atoms with Crippen LogP contribution in [0, 0.1) is 6.92 Å². The van der Waals surface area contributed by atoms with Crippen molar-refractivity contribution in [2.24, 2.45) is 0 Å². The van der Waals surface area contributed by atoms with Crippen molar-refractivity contribution in [3.8, 4) is 5.75 Å². The minimum absolute atomic E-state index is 0.0287. The Morgan fingerprint density at radius 2 is 1.61 bits per heavy atom. The molecule has 0 heterocycles. The summed E-state index contributed by atoms with van der Waals surface area (Å²) in [5.74, 6) is 0.493. The lowest BCUT2D eigenvalue weighted by Crippen LogP contribution is -2.51. The quantitative estimate of drug-likeness (QED) is 0.308. The van der Waals surface area contributed by atoms with Crippen molar-refractivity contribution < 1.29 is 14.3 Å². The fourth-order valence-electron chi connectivity index (χ4n) is 3.99. The van der Waals surface area contributed by atoms with Crippen LogP contribution in [0.1, 0.15) is 43.4 Å². The molecule has 3 aromatic carbocycles. The van der Waals surface area contributed by atoms with Crippen molar-refractivity contribution >= 4 is 23.4 Å². The smallest absolute Gasteiger partial charge is 0.243 e. The number of aryl methyl sites for hydroxylation is 1. The summed E-state index contributed by atoms with van der Waals surface area (Å²) in [4.78, 5) is 28.7. The highest BCUT2D eigenvalue weighted by molar-refractivity contribution is 6.30. The summed E-state index contributed by atoms with van der Waals surface area (Å²) in [5.41, 5.74) is 3.12. The molecule has 5 nitrogen and oxygen atoms in total. The molecule has 0 aliphatic rings. The zero-order valence-corrected chi connectivity index (χ0v) is 22.0. The molecular formula is C30H35ClN2O3. The molecule has 1 atom stereocenters. The number of nitrogens with zero attached hydrogens (tertiary/aromatic N) is 1. The van der Waals surface area contributed by atoms with Crippen LogP contribution in [0.5, 0.6) is 5.75 Å². The average Bonchev–Trinajstić information content (AvgIpc) is 2.86. The Kier molecular flexibility index (Phi) is 10.4. The summed E-state index contributed by atoms with van der Waals surface area (Å²) in [7, 11) is 0. The van der Waals surface area contributed by atoms with Gasteiger partial charge in [0, 0.05) is 30.5 Å². The number of carbonyl (C=O) groups is 2. The first-order chi connectivity index (χ1) is 17.3. The van der Waals surface area contributed by atoms with Crippen LogP contribution in [0.25, 0.3) is 0 Å². The molecule has 6 heteroatoms. The van der Waals surface area contributed by atoms with E-state index >= 15 is 0 Å². The van der Waals surface area contributed by atoms with E-state index in [-0.39, 0.29) is 24.3 Å². The predicted octanol–water partition coefficient (Wildman–Crippen LogP) is 5.97. The molecule has 0 spiro atoms. The standard InChI is InChI=1S/C30H35ClN2O3/c1-22(2)32-30(35)28(20-24-11-5-4-6-12-24)33(21-25-13-8-7-10-23(25)3)29(34)14-9-19-36-27-17-15-26(31)16-18-27/h4-8,10-13,15-18,22,28H,9,14,19-21H2,1-3H3,(H,32,35)/t28-/m0/s1. The molecule has 0 aliphatic heterocycles. The van der Waals surface area contributed by atoms with Gasteiger partial charge in [-0.1, -0.05) is 66.2 Å². The molecular weight excluding hydrogens is 472 g/mol. The largest absolute Gasteiger partial charge is 0.494 e. The number of ether oxygens (including phenoxy) is 1. The highest BCUT2D eigenvalue weighted by Crippen LogP contribution is 2.19. The van der Waals surface area contributed by atoms with Gasteiger partial charge in [-0.25, -0.2) is 0 Å². The second-order valence-electron chi connectivity index (χ2n) is 9.22. The number of hydrogen-bond donors (Lipinski definition) is 1. The molecule has 0 radical (unpaired) electrons. The maximum absolute atomic E-state index is 13.6. The van der Waals surface area contributed by atoms with E-state index < -0.39 is 6.04 Å². The summed E-state index contributed by atoms with van der Waals surface area (Å²) in [6.07, 6.45) is 1.26. The molecule has 190 valence electrons. The first-order valence-electron chi connectivity index (χ1n) is 12.4. The maximum Gasteiger partial charge on any atom is 0.243 e. The van der Waals surface area contributed by atoms with E-state index in [9.17, 15) is 9.59 Å². The van der Waals surface area contributed by atoms with Crippen molar-refractivity contribution in [1.29, 1.82) is 0 Å². The second kappa shape index (κ2) is 13.7. The zero-order chi connectivity index (χ0) is 25.9. The lowest BCUT2D eigenvalue weighted by Gasteiger charge is -2.32. The first kappa shape index (κ1) is 27.3. The van der Waals surface area contributed by atoms with E-state index in [0.717, 1.165) is 16.7 Å². The van der Waals surface area contributed by atoms with Gasteiger partial charge in [-0.05, 0) is 68.1 Å². The van der Waals surface area contributed by atoms with E-state index in [1.54, 1.807) is 29.2 Å².